The highest BCUT2D eigenvalue weighted by molar-refractivity contribution is 5.85. The second kappa shape index (κ2) is 2.76. The van der Waals surface area contributed by atoms with Crippen LogP contribution in [0.1, 0.15) is 12.8 Å². The van der Waals surface area contributed by atoms with Crippen LogP contribution in [0.25, 0.3) is 0 Å². The average molecular weight is 163 g/mol. The molecule has 2 heterocycles. The van der Waals surface area contributed by atoms with Gasteiger partial charge in [0, 0.05) is 12.6 Å². The second-order valence-corrected chi connectivity index (χ2v) is 2.74. The van der Waals surface area contributed by atoms with E-state index in [4.69, 9.17) is 0 Å². The molecule has 0 aromatic rings. The number of halogens is 1. The lowest BCUT2D eigenvalue weighted by Crippen LogP contribution is -2.52. The van der Waals surface area contributed by atoms with Gasteiger partial charge in [0.2, 0.25) is 5.91 Å². The van der Waals surface area contributed by atoms with E-state index in [0.717, 1.165) is 19.4 Å². The van der Waals surface area contributed by atoms with Crippen LogP contribution in [0.3, 0.4) is 0 Å². The van der Waals surface area contributed by atoms with E-state index in [1.165, 1.54) is 0 Å². The molecule has 0 aliphatic carbocycles. The molecule has 0 aromatic heterocycles. The molecule has 2 fully saturated rings. The van der Waals surface area contributed by atoms with Crippen LogP contribution in [-0.2, 0) is 4.79 Å². The van der Waals surface area contributed by atoms with Gasteiger partial charge in [0.25, 0.3) is 0 Å². The predicted octanol–water partition coefficient (Wildman–Crippen LogP) is -0.341. The molecule has 1 amide bonds. The van der Waals surface area contributed by atoms with Gasteiger partial charge in [-0.3, -0.25) is 4.79 Å². The molecule has 2 bridgehead atoms. The Morgan fingerprint density at radius 3 is 2.90 bits per heavy atom. The number of carbonyl (C=O) groups excluding carboxylic acids is 1. The number of piperazine rings is 1. The van der Waals surface area contributed by atoms with Crippen molar-refractivity contribution in [2.45, 2.75) is 24.9 Å². The quantitative estimate of drug-likeness (QED) is 0.512. The lowest BCUT2D eigenvalue weighted by atomic mass is 10.2. The van der Waals surface area contributed by atoms with Gasteiger partial charge in [0.1, 0.15) is 0 Å². The van der Waals surface area contributed by atoms with Crippen molar-refractivity contribution >= 4 is 18.3 Å². The van der Waals surface area contributed by atoms with Crippen LogP contribution >= 0.6 is 12.4 Å². The molecule has 2 N–H and O–H groups in total. The minimum Gasteiger partial charge on any atom is -0.353 e. The van der Waals surface area contributed by atoms with Crippen LogP contribution < -0.4 is 10.6 Å². The molecule has 0 aromatic carbocycles. The van der Waals surface area contributed by atoms with E-state index < -0.39 is 0 Å². The largest absolute Gasteiger partial charge is 0.353 e. The third-order valence-corrected chi connectivity index (χ3v) is 2.08. The first kappa shape index (κ1) is 7.82. The molecular weight excluding hydrogens is 152 g/mol. The van der Waals surface area contributed by atoms with Gasteiger partial charge in [0.15, 0.2) is 0 Å². The zero-order valence-electron chi connectivity index (χ0n) is 5.59. The Hall–Kier alpha value is -0.280. The number of rotatable bonds is 0. The number of nitrogens with one attached hydrogen (secondary N) is 2. The zero-order chi connectivity index (χ0) is 6.27. The average Bonchev–Trinajstić information content (AvgIpc) is 2.25. The van der Waals surface area contributed by atoms with Gasteiger partial charge in [-0.05, 0) is 12.8 Å². The summed E-state index contributed by atoms with van der Waals surface area (Å²) in [6.45, 7) is 0.829. The fraction of sp³-hybridized carbons (Fsp3) is 0.833. The molecule has 10 heavy (non-hydrogen) atoms. The number of carbonyl (C=O) groups is 1. The normalized spacial score (nSPS) is 36.6. The van der Waals surface area contributed by atoms with Crippen molar-refractivity contribution < 1.29 is 4.79 Å². The highest BCUT2D eigenvalue weighted by Crippen LogP contribution is 2.14. The Morgan fingerprint density at radius 2 is 2.20 bits per heavy atom. The summed E-state index contributed by atoms with van der Waals surface area (Å²) in [6.07, 6.45) is 2.18. The van der Waals surface area contributed by atoms with Crippen molar-refractivity contribution in [2.24, 2.45) is 0 Å². The van der Waals surface area contributed by atoms with Gasteiger partial charge < -0.3 is 10.6 Å². The molecule has 2 aliphatic rings. The Bertz CT molecular complexity index is 151. The van der Waals surface area contributed by atoms with Gasteiger partial charge in [-0.25, -0.2) is 0 Å². The molecule has 2 aliphatic heterocycles. The van der Waals surface area contributed by atoms with Gasteiger partial charge in [0.05, 0.1) is 6.04 Å². The van der Waals surface area contributed by atoms with E-state index in [0.29, 0.717) is 6.04 Å². The maximum absolute atomic E-state index is 10.9. The molecule has 0 unspecified atom stereocenters. The van der Waals surface area contributed by atoms with Crippen molar-refractivity contribution in [3.05, 3.63) is 0 Å². The van der Waals surface area contributed by atoms with E-state index in [-0.39, 0.29) is 24.4 Å². The predicted molar refractivity (Wildman–Crippen MR) is 40.2 cm³/mol. The van der Waals surface area contributed by atoms with E-state index in [9.17, 15) is 4.79 Å². The third kappa shape index (κ3) is 1.11. The molecule has 0 spiro atoms. The smallest absolute Gasteiger partial charge is 0.237 e. The Labute approximate surface area is 66.0 Å². The van der Waals surface area contributed by atoms with Crippen LogP contribution in [0.15, 0.2) is 0 Å². The monoisotopic (exact) mass is 162 g/mol. The van der Waals surface area contributed by atoms with E-state index in [1.54, 1.807) is 0 Å². The van der Waals surface area contributed by atoms with Crippen molar-refractivity contribution in [1.82, 2.24) is 10.6 Å². The minimum absolute atomic E-state index is 0. The maximum atomic E-state index is 10.9. The summed E-state index contributed by atoms with van der Waals surface area (Å²) in [6, 6.07) is 0.691. The SMILES string of the molecule is Cl.O=C1NC[C@@H]2CC[C@H]1N2. The lowest BCUT2D eigenvalue weighted by molar-refractivity contribution is -0.123. The molecular formula is C6H11ClN2O. The minimum atomic E-state index is 0. The Morgan fingerprint density at radius 1 is 1.40 bits per heavy atom. The fourth-order valence-corrected chi connectivity index (χ4v) is 1.53. The molecule has 4 heteroatoms. The van der Waals surface area contributed by atoms with Crippen molar-refractivity contribution in [2.75, 3.05) is 6.54 Å². The van der Waals surface area contributed by atoms with E-state index in [2.05, 4.69) is 10.6 Å². The molecule has 3 nitrogen and oxygen atoms in total. The van der Waals surface area contributed by atoms with Crippen LogP contribution in [0.4, 0.5) is 0 Å². The summed E-state index contributed by atoms with van der Waals surface area (Å²) in [5.41, 5.74) is 0. The third-order valence-electron chi connectivity index (χ3n) is 2.08. The Balaban J connectivity index is 0.000000500. The first-order valence-electron chi connectivity index (χ1n) is 3.40. The van der Waals surface area contributed by atoms with E-state index >= 15 is 0 Å². The van der Waals surface area contributed by atoms with Crippen LogP contribution in [0.2, 0.25) is 0 Å². The van der Waals surface area contributed by atoms with Gasteiger partial charge in [-0.2, -0.15) is 0 Å². The molecule has 2 rings (SSSR count). The summed E-state index contributed by atoms with van der Waals surface area (Å²) < 4.78 is 0. The lowest BCUT2D eigenvalue weighted by Gasteiger charge is -2.20. The van der Waals surface area contributed by atoms with Crippen LogP contribution in [0.5, 0.6) is 0 Å². The molecule has 2 atom stereocenters. The zero-order valence-corrected chi connectivity index (χ0v) is 6.41. The Kier molecular flexibility index (Phi) is 2.16. The van der Waals surface area contributed by atoms with Crippen molar-refractivity contribution in [3.63, 3.8) is 0 Å². The number of fused-ring (bicyclic) bond motifs is 2. The summed E-state index contributed by atoms with van der Waals surface area (Å²) in [5, 5.41) is 6.07. The number of hydrogen-bond donors (Lipinski definition) is 2. The van der Waals surface area contributed by atoms with Crippen molar-refractivity contribution in [1.29, 1.82) is 0 Å². The standard InChI is InChI=1S/C6H10N2O.ClH/c9-6-5-2-1-4(8-5)3-7-6;/h4-5,8H,1-3H2,(H,7,9);1H/t4-,5+;/m0./s1. The van der Waals surface area contributed by atoms with Gasteiger partial charge in [-0.15, -0.1) is 12.4 Å². The highest BCUT2D eigenvalue weighted by Gasteiger charge is 2.33. The fourth-order valence-electron chi connectivity index (χ4n) is 1.53. The molecule has 2 saturated heterocycles. The summed E-state index contributed by atoms with van der Waals surface area (Å²) >= 11 is 0. The summed E-state index contributed by atoms with van der Waals surface area (Å²) in [5.74, 6) is 0.184. The maximum Gasteiger partial charge on any atom is 0.237 e. The van der Waals surface area contributed by atoms with E-state index in [1.807, 2.05) is 0 Å². The number of hydrogen-bond acceptors (Lipinski definition) is 2. The number of amides is 1. The summed E-state index contributed by atoms with van der Waals surface area (Å²) in [7, 11) is 0. The molecule has 0 saturated carbocycles. The summed E-state index contributed by atoms with van der Waals surface area (Å²) in [4.78, 5) is 10.9. The van der Waals surface area contributed by atoms with Gasteiger partial charge >= 0.3 is 0 Å². The topological polar surface area (TPSA) is 41.1 Å². The highest BCUT2D eigenvalue weighted by atomic mass is 35.5. The molecule has 58 valence electrons. The van der Waals surface area contributed by atoms with Crippen LogP contribution in [-0.4, -0.2) is 24.5 Å². The van der Waals surface area contributed by atoms with Crippen molar-refractivity contribution in [3.8, 4) is 0 Å². The first-order valence-corrected chi connectivity index (χ1v) is 3.40. The van der Waals surface area contributed by atoms with Crippen LogP contribution in [0, 0.1) is 0 Å². The van der Waals surface area contributed by atoms with Gasteiger partial charge in [-0.1, -0.05) is 0 Å². The first-order chi connectivity index (χ1) is 4.36. The molecule has 0 radical (unpaired) electrons. The second-order valence-electron chi connectivity index (χ2n) is 2.74.